The Bertz CT molecular complexity index is 709. The van der Waals surface area contributed by atoms with Crippen molar-refractivity contribution in [3.8, 4) is 0 Å². The summed E-state index contributed by atoms with van der Waals surface area (Å²) in [5, 5.41) is 16.6. The van der Waals surface area contributed by atoms with Crippen LogP contribution in [0.2, 0.25) is 18.1 Å². The molecule has 24 heavy (non-hydrogen) atoms. The largest absolute Gasteiger partial charge is 0.409 e. The molecule has 3 N–H and O–H groups in total. The number of rotatable bonds is 5. The van der Waals surface area contributed by atoms with Crippen molar-refractivity contribution in [2.24, 2.45) is 9.50 Å². The lowest BCUT2D eigenvalue weighted by Crippen LogP contribution is -2.41. The van der Waals surface area contributed by atoms with Crippen molar-refractivity contribution in [1.29, 1.82) is 0 Å². The Hall–Kier alpha value is -0.323. The predicted octanol–water partition coefficient (Wildman–Crippen LogP) is 3.78. The summed E-state index contributed by atoms with van der Waals surface area (Å²) >= 11 is 1.14. The van der Waals surface area contributed by atoms with E-state index in [0.717, 1.165) is 11.3 Å². The number of thiazole rings is 1. The van der Waals surface area contributed by atoms with Crippen molar-refractivity contribution in [1.82, 2.24) is 4.98 Å². The fourth-order valence-electron chi connectivity index (χ4n) is 1.80. The molecule has 0 aliphatic carbocycles. The Morgan fingerprint density at radius 1 is 1.33 bits per heavy atom. The highest BCUT2D eigenvalue weighted by Crippen LogP contribution is 2.41. The van der Waals surface area contributed by atoms with Gasteiger partial charge in [0.2, 0.25) is 0 Å². The minimum absolute atomic E-state index is 0.0375. The Morgan fingerprint density at radius 3 is 2.21 bits per heavy atom. The summed E-state index contributed by atoms with van der Waals surface area (Å²) in [6.07, 6.45) is -0.376. The predicted molar refractivity (Wildman–Crippen MR) is 103 cm³/mol. The first-order valence-electron chi connectivity index (χ1n) is 7.87. The van der Waals surface area contributed by atoms with E-state index in [2.05, 4.69) is 43.2 Å². The normalized spacial score (nSPS) is 17.5. The summed E-state index contributed by atoms with van der Waals surface area (Å²) in [5.41, 5.74) is -0.627. The molecular weight excluding hydrogens is 362 g/mol. The highest BCUT2D eigenvalue weighted by atomic mass is 32.2. The summed E-state index contributed by atoms with van der Waals surface area (Å²) in [7, 11) is -3.67. The molecule has 140 valence electrons. The van der Waals surface area contributed by atoms with Crippen molar-refractivity contribution in [3.05, 3.63) is 10.7 Å². The lowest BCUT2D eigenvalue weighted by molar-refractivity contribution is 0.0776. The molecule has 6 nitrogen and oxygen atoms in total. The molecule has 1 aromatic heterocycles. The molecule has 0 fully saturated rings. The van der Waals surface area contributed by atoms with Crippen LogP contribution in [-0.2, 0) is 19.9 Å². The maximum Gasteiger partial charge on any atom is 0.192 e. The fourth-order valence-corrected chi connectivity index (χ4v) is 5.65. The number of aliphatic hydroxyl groups is 1. The van der Waals surface area contributed by atoms with Gasteiger partial charge < -0.3 is 9.53 Å². The Balaban J connectivity index is 3.42. The van der Waals surface area contributed by atoms with Crippen LogP contribution in [0.15, 0.2) is 8.57 Å². The molecule has 0 saturated heterocycles. The standard InChI is InChI=1S/C15H31N3O3S2Si/c1-10(21-24(8,9)14(2,3)4)11-12(23(16,20)17-7)22-13(18-11)15(5,6)19/h10,19H,1-9H3,(H2,16,17,20). The lowest BCUT2D eigenvalue weighted by atomic mass is 10.1. The van der Waals surface area contributed by atoms with Crippen LogP contribution >= 0.6 is 11.3 Å². The van der Waals surface area contributed by atoms with Crippen molar-refractivity contribution >= 4 is 29.6 Å². The summed E-state index contributed by atoms with van der Waals surface area (Å²) < 4.78 is 23.2. The number of nitrogens with zero attached hydrogens (tertiary/aromatic N) is 2. The molecular formula is C15H31N3O3S2Si. The molecule has 1 heterocycles. The van der Waals surface area contributed by atoms with E-state index in [-0.39, 0.29) is 11.1 Å². The SMILES string of the molecule is CN=S(N)(=O)c1sc(C(C)(C)O)nc1C(C)O[Si](C)(C)C(C)(C)C. The first kappa shape index (κ1) is 21.7. The van der Waals surface area contributed by atoms with Gasteiger partial charge in [-0.1, -0.05) is 20.8 Å². The molecule has 0 aromatic carbocycles. The molecule has 2 unspecified atom stereocenters. The molecule has 2 atom stereocenters. The smallest absolute Gasteiger partial charge is 0.192 e. The van der Waals surface area contributed by atoms with Crippen molar-refractivity contribution in [3.63, 3.8) is 0 Å². The molecule has 9 heteroatoms. The van der Waals surface area contributed by atoms with E-state index >= 15 is 0 Å². The van der Waals surface area contributed by atoms with E-state index in [4.69, 9.17) is 9.56 Å². The Morgan fingerprint density at radius 2 is 1.83 bits per heavy atom. The second-order valence-electron chi connectivity index (χ2n) is 8.02. The van der Waals surface area contributed by atoms with E-state index in [1.807, 2.05) is 6.92 Å². The van der Waals surface area contributed by atoms with Crippen LogP contribution in [-0.4, -0.2) is 29.7 Å². The average molecular weight is 394 g/mol. The van der Waals surface area contributed by atoms with E-state index in [0.29, 0.717) is 14.9 Å². The van der Waals surface area contributed by atoms with Crippen LogP contribution in [0.3, 0.4) is 0 Å². The van der Waals surface area contributed by atoms with Gasteiger partial charge in [-0.3, -0.25) is 0 Å². The second kappa shape index (κ2) is 6.77. The molecule has 0 amide bonds. The highest BCUT2D eigenvalue weighted by Gasteiger charge is 2.40. The maximum absolute atomic E-state index is 12.6. The quantitative estimate of drug-likeness (QED) is 0.744. The summed E-state index contributed by atoms with van der Waals surface area (Å²) in [6.45, 7) is 15.9. The summed E-state index contributed by atoms with van der Waals surface area (Å²) in [4.78, 5) is 4.51. The Kier molecular flexibility index (Phi) is 6.13. The van der Waals surface area contributed by atoms with Crippen molar-refractivity contribution < 1.29 is 13.7 Å². The highest BCUT2D eigenvalue weighted by molar-refractivity contribution is 7.93. The first-order chi connectivity index (χ1) is 10.5. The monoisotopic (exact) mass is 393 g/mol. The van der Waals surface area contributed by atoms with E-state index < -0.39 is 23.8 Å². The second-order valence-corrected chi connectivity index (χ2v) is 15.9. The van der Waals surface area contributed by atoms with Gasteiger partial charge in [0.25, 0.3) is 0 Å². The molecule has 0 radical (unpaired) electrons. The molecule has 0 spiro atoms. The van der Waals surface area contributed by atoms with E-state index in [9.17, 15) is 9.32 Å². The lowest BCUT2D eigenvalue weighted by Gasteiger charge is -2.38. The zero-order valence-corrected chi connectivity index (χ0v) is 18.8. The van der Waals surface area contributed by atoms with Crippen LogP contribution < -0.4 is 5.14 Å². The van der Waals surface area contributed by atoms with Gasteiger partial charge in [0.15, 0.2) is 8.32 Å². The molecule has 1 rings (SSSR count). The number of nitrogens with two attached hydrogens (primary N) is 1. The first-order valence-corrected chi connectivity index (χ1v) is 13.2. The third-order valence-corrected chi connectivity index (χ3v) is 12.3. The summed E-state index contributed by atoms with van der Waals surface area (Å²) in [6, 6.07) is 0. The van der Waals surface area contributed by atoms with E-state index in [1.54, 1.807) is 13.8 Å². The average Bonchev–Trinajstić information content (AvgIpc) is 2.82. The maximum atomic E-state index is 12.6. The van der Waals surface area contributed by atoms with Gasteiger partial charge in [0, 0.05) is 7.05 Å². The molecule has 0 saturated carbocycles. The van der Waals surface area contributed by atoms with Gasteiger partial charge in [0.1, 0.15) is 24.7 Å². The minimum atomic E-state index is -3.05. The minimum Gasteiger partial charge on any atom is -0.409 e. The Labute approximate surface area is 151 Å². The van der Waals surface area contributed by atoms with Gasteiger partial charge in [-0.2, -0.15) is 0 Å². The molecule has 0 aliphatic heterocycles. The number of aromatic nitrogens is 1. The number of hydrogen-bond donors (Lipinski definition) is 2. The number of hydrogen-bond acceptors (Lipinski definition) is 6. The van der Waals surface area contributed by atoms with Gasteiger partial charge in [-0.05, 0) is 38.9 Å². The summed E-state index contributed by atoms with van der Waals surface area (Å²) in [5.74, 6) is 0. The third-order valence-electron chi connectivity index (χ3n) is 4.34. The topological polar surface area (TPSA) is 97.8 Å². The van der Waals surface area contributed by atoms with Crippen LogP contribution in [0, 0.1) is 0 Å². The van der Waals surface area contributed by atoms with Gasteiger partial charge in [-0.25, -0.2) is 18.7 Å². The van der Waals surface area contributed by atoms with Crippen LogP contribution in [0.1, 0.15) is 58.3 Å². The van der Waals surface area contributed by atoms with Crippen LogP contribution in [0.5, 0.6) is 0 Å². The fraction of sp³-hybridized carbons (Fsp3) is 0.800. The van der Waals surface area contributed by atoms with Gasteiger partial charge in [-0.15, -0.1) is 11.3 Å². The van der Waals surface area contributed by atoms with Crippen molar-refractivity contribution in [2.75, 3.05) is 7.05 Å². The third kappa shape index (κ3) is 4.64. The molecule has 1 aromatic rings. The molecule has 0 aliphatic rings. The zero-order valence-electron chi connectivity index (χ0n) is 16.1. The zero-order chi connectivity index (χ0) is 19.1. The van der Waals surface area contributed by atoms with Gasteiger partial charge >= 0.3 is 0 Å². The van der Waals surface area contributed by atoms with Gasteiger partial charge in [0.05, 0.1) is 11.8 Å². The van der Waals surface area contributed by atoms with Crippen molar-refractivity contribution in [2.45, 2.75) is 75.6 Å². The van der Waals surface area contributed by atoms with Crippen LogP contribution in [0.25, 0.3) is 0 Å². The van der Waals surface area contributed by atoms with E-state index in [1.165, 1.54) is 7.05 Å². The molecule has 0 bridgehead atoms. The van der Waals surface area contributed by atoms with Crippen LogP contribution in [0.4, 0.5) is 0 Å².